The summed E-state index contributed by atoms with van der Waals surface area (Å²) in [5, 5.41) is 3.45. The molecular formula is C19H25N3. The normalized spacial score (nSPS) is 16.6. The Morgan fingerprint density at radius 3 is 1.95 bits per heavy atom. The van der Waals surface area contributed by atoms with E-state index >= 15 is 0 Å². The molecule has 116 valence electrons. The summed E-state index contributed by atoms with van der Waals surface area (Å²) in [5.74, 6) is 0. The number of rotatable bonds is 4. The molecule has 0 bridgehead atoms. The Kier molecular flexibility index (Phi) is 4.76. The van der Waals surface area contributed by atoms with Gasteiger partial charge < -0.3 is 10.2 Å². The van der Waals surface area contributed by atoms with Gasteiger partial charge in [0, 0.05) is 44.1 Å². The van der Waals surface area contributed by atoms with Crippen molar-refractivity contribution >= 4 is 11.4 Å². The fraction of sp³-hybridized carbons (Fsp3) is 0.368. The lowest BCUT2D eigenvalue weighted by Gasteiger charge is -2.32. The zero-order valence-electron chi connectivity index (χ0n) is 13.5. The van der Waals surface area contributed by atoms with Gasteiger partial charge in [0.05, 0.1) is 0 Å². The second-order valence-corrected chi connectivity index (χ2v) is 6.27. The third-order valence-electron chi connectivity index (χ3n) is 4.30. The molecule has 0 aliphatic carbocycles. The maximum atomic E-state index is 3.45. The topological polar surface area (TPSA) is 18.5 Å². The number of nitrogens with zero attached hydrogens (tertiary/aromatic N) is 2. The number of hydrogen-bond acceptors (Lipinski definition) is 3. The Morgan fingerprint density at radius 2 is 1.36 bits per heavy atom. The van der Waals surface area contributed by atoms with E-state index in [-0.39, 0.29) is 0 Å². The predicted octanol–water partition coefficient (Wildman–Crippen LogP) is 3.49. The number of hydrogen-bond donors (Lipinski definition) is 1. The van der Waals surface area contributed by atoms with E-state index in [2.05, 4.69) is 77.6 Å². The van der Waals surface area contributed by atoms with Gasteiger partial charge in [0.2, 0.25) is 0 Å². The molecule has 1 N–H and O–H groups in total. The molecule has 1 heterocycles. The molecule has 1 aliphatic rings. The van der Waals surface area contributed by atoms with Crippen molar-refractivity contribution in [1.82, 2.24) is 9.80 Å². The van der Waals surface area contributed by atoms with E-state index in [9.17, 15) is 0 Å². The summed E-state index contributed by atoms with van der Waals surface area (Å²) in [4.78, 5) is 4.92. The summed E-state index contributed by atoms with van der Waals surface area (Å²) in [7, 11) is 2.20. The van der Waals surface area contributed by atoms with Crippen LogP contribution in [0.25, 0.3) is 0 Å². The lowest BCUT2D eigenvalue weighted by Crippen LogP contribution is -2.43. The summed E-state index contributed by atoms with van der Waals surface area (Å²) in [6.07, 6.45) is 0. The highest BCUT2D eigenvalue weighted by atomic mass is 15.2. The van der Waals surface area contributed by atoms with Gasteiger partial charge in [0.15, 0.2) is 0 Å². The van der Waals surface area contributed by atoms with Gasteiger partial charge in [-0.15, -0.1) is 0 Å². The third-order valence-corrected chi connectivity index (χ3v) is 4.30. The summed E-state index contributed by atoms with van der Waals surface area (Å²) in [6.45, 7) is 7.84. The second-order valence-electron chi connectivity index (χ2n) is 6.27. The van der Waals surface area contributed by atoms with Gasteiger partial charge in [-0.3, -0.25) is 4.90 Å². The lowest BCUT2D eigenvalue weighted by molar-refractivity contribution is 0.148. The molecule has 1 saturated heterocycles. The van der Waals surface area contributed by atoms with E-state index in [4.69, 9.17) is 0 Å². The van der Waals surface area contributed by atoms with Crippen LogP contribution in [0.15, 0.2) is 48.5 Å². The van der Waals surface area contributed by atoms with Crippen LogP contribution in [0.1, 0.15) is 11.1 Å². The molecule has 0 radical (unpaired) electrons. The highest BCUT2D eigenvalue weighted by molar-refractivity contribution is 5.59. The van der Waals surface area contributed by atoms with Crippen LogP contribution in [-0.2, 0) is 6.54 Å². The van der Waals surface area contributed by atoms with Crippen molar-refractivity contribution in [3.05, 3.63) is 59.7 Å². The first kappa shape index (κ1) is 15.1. The Morgan fingerprint density at radius 1 is 0.818 bits per heavy atom. The Labute approximate surface area is 133 Å². The van der Waals surface area contributed by atoms with E-state index in [1.807, 2.05) is 0 Å². The number of nitrogens with one attached hydrogen (secondary N) is 1. The standard InChI is InChI=1S/C19H25N3/c1-16-3-7-18(8-4-16)20-19-9-5-17(6-10-19)15-22-13-11-21(2)12-14-22/h3-10,20H,11-15H2,1-2H3. The molecule has 0 atom stereocenters. The lowest BCUT2D eigenvalue weighted by atomic mass is 10.1. The molecule has 0 spiro atoms. The summed E-state index contributed by atoms with van der Waals surface area (Å²) in [6, 6.07) is 17.3. The van der Waals surface area contributed by atoms with Crippen LogP contribution in [-0.4, -0.2) is 43.0 Å². The van der Waals surface area contributed by atoms with Crippen LogP contribution in [0.5, 0.6) is 0 Å². The predicted molar refractivity (Wildman–Crippen MR) is 93.7 cm³/mol. The Hall–Kier alpha value is -1.84. The fourth-order valence-corrected chi connectivity index (χ4v) is 2.76. The molecule has 0 unspecified atom stereocenters. The zero-order valence-corrected chi connectivity index (χ0v) is 13.5. The second kappa shape index (κ2) is 6.95. The minimum absolute atomic E-state index is 1.05. The van der Waals surface area contributed by atoms with E-state index in [0.29, 0.717) is 0 Å². The van der Waals surface area contributed by atoms with Gasteiger partial charge in [-0.25, -0.2) is 0 Å². The average Bonchev–Trinajstić information content (AvgIpc) is 2.54. The summed E-state index contributed by atoms with van der Waals surface area (Å²) >= 11 is 0. The molecule has 22 heavy (non-hydrogen) atoms. The highest BCUT2D eigenvalue weighted by Gasteiger charge is 2.13. The molecular weight excluding hydrogens is 270 g/mol. The van der Waals surface area contributed by atoms with Gasteiger partial charge in [0.1, 0.15) is 0 Å². The van der Waals surface area contributed by atoms with Crippen LogP contribution < -0.4 is 5.32 Å². The fourth-order valence-electron chi connectivity index (χ4n) is 2.76. The Bertz CT molecular complexity index is 581. The van der Waals surface area contributed by atoms with E-state index in [1.165, 1.54) is 37.3 Å². The average molecular weight is 295 g/mol. The third kappa shape index (κ3) is 4.09. The van der Waals surface area contributed by atoms with Crippen LogP contribution >= 0.6 is 0 Å². The summed E-state index contributed by atoms with van der Waals surface area (Å²) in [5.41, 5.74) is 4.95. The minimum Gasteiger partial charge on any atom is -0.356 e. The van der Waals surface area contributed by atoms with Crippen molar-refractivity contribution in [1.29, 1.82) is 0 Å². The number of anilines is 2. The SMILES string of the molecule is Cc1ccc(Nc2ccc(CN3CCN(C)CC3)cc2)cc1. The molecule has 3 rings (SSSR count). The number of benzene rings is 2. The molecule has 1 fully saturated rings. The van der Waals surface area contributed by atoms with E-state index in [1.54, 1.807) is 0 Å². The van der Waals surface area contributed by atoms with Gasteiger partial charge in [-0.1, -0.05) is 29.8 Å². The van der Waals surface area contributed by atoms with Crippen LogP contribution in [0.3, 0.4) is 0 Å². The smallest absolute Gasteiger partial charge is 0.0384 e. The van der Waals surface area contributed by atoms with Crippen molar-refractivity contribution in [3.8, 4) is 0 Å². The van der Waals surface area contributed by atoms with Crippen LogP contribution in [0, 0.1) is 6.92 Å². The Balaban J connectivity index is 1.57. The number of piperazine rings is 1. The molecule has 0 saturated carbocycles. The molecule has 3 heteroatoms. The van der Waals surface area contributed by atoms with Gasteiger partial charge in [0.25, 0.3) is 0 Å². The summed E-state index contributed by atoms with van der Waals surface area (Å²) < 4.78 is 0. The van der Waals surface area contributed by atoms with Crippen molar-refractivity contribution in [2.45, 2.75) is 13.5 Å². The van der Waals surface area contributed by atoms with E-state index < -0.39 is 0 Å². The van der Waals surface area contributed by atoms with Crippen molar-refractivity contribution in [2.75, 3.05) is 38.5 Å². The van der Waals surface area contributed by atoms with Crippen molar-refractivity contribution < 1.29 is 0 Å². The first-order valence-electron chi connectivity index (χ1n) is 8.02. The zero-order chi connectivity index (χ0) is 15.4. The largest absolute Gasteiger partial charge is 0.356 e. The van der Waals surface area contributed by atoms with Gasteiger partial charge >= 0.3 is 0 Å². The van der Waals surface area contributed by atoms with Crippen molar-refractivity contribution in [3.63, 3.8) is 0 Å². The quantitative estimate of drug-likeness (QED) is 0.931. The molecule has 3 nitrogen and oxygen atoms in total. The van der Waals surface area contributed by atoms with E-state index in [0.717, 1.165) is 17.9 Å². The molecule has 0 aromatic heterocycles. The van der Waals surface area contributed by atoms with Gasteiger partial charge in [-0.05, 0) is 43.8 Å². The molecule has 2 aromatic carbocycles. The maximum absolute atomic E-state index is 3.45. The molecule has 0 amide bonds. The minimum atomic E-state index is 1.05. The highest BCUT2D eigenvalue weighted by Crippen LogP contribution is 2.18. The number of aryl methyl sites for hydroxylation is 1. The van der Waals surface area contributed by atoms with Crippen LogP contribution in [0.2, 0.25) is 0 Å². The molecule has 2 aromatic rings. The van der Waals surface area contributed by atoms with Crippen LogP contribution in [0.4, 0.5) is 11.4 Å². The first-order chi connectivity index (χ1) is 10.7. The van der Waals surface area contributed by atoms with Gasteiger partial charge in [-0.2, -0.15) is 0 Å². The molecule has 1 aliphatic heterocycles. The van der Waals surface area contributed by atoms with Crippen molar-refractivity contribution in [2.24, 2.45) is 0 Å². The maximum Gasteiger partial charge on any atom is 0.0384 e. The number of likely N-dealkylation sites (N-methyl/N-ethyl adjacent to an activating group) is 1. The first-order valence-corrected chi connectivity index (χ1v) is 8.02. The monoisotopic (exact) mass is 295 g/mol.